The van der Waals surface area contributed by atoms with Gasteiger partial charge in [-0.1, -0.05) is 65.8 Å². The highest BCUT2D eigenvalue weighted by molar-refractivity contribution is 7.99. The van der Waals surface area contributed by atoms with Gasteiger partial charge in [-0.05, 0) is 17.7 Å². The monoisotopic (exact) mass is 470 g/mol. The first-order valence-corrected chi connectivity index (χ1v) is 11.0. The van der Waals surface area contributed by atoms with Crippen LogP contribution in [0, 0.1) is 0 Å². The van der Waals surface area contributed by atoms with Crippen molar-refractivity contribution in [2.24, 2.45) is 5.73 Å². The van der Waals surface area contributed by atoms with E-state index < -0.39 is 29.0 Å². The van der Waals surface area contributed by atoms with E-state index in [0.29, 0.717) is 21.6 Å². The number of halogens is 1. The minimum absolute atomic E-state index is 0.233. The summed E-state index contributed by atoms with van der Waals surface area (Å²) in [7, 11) is 0. The molecule has 2 aromatic carbocycles. The fourth-order valence-electron chi connectivity index (χ4n) is 3.33. The third-order valence-corrected chi connectivity index (χ3v) is 6.45. The number of carbonyl (C=O) groups excluding carboxylic acids is 3. The van der Waals surface area contributed by atoms with Gasteiger partial charge in [0.05, 0.1) is 23.4 Å². The lowest BCUT2D eigenvalue weighted by Crippen LogP contribution is -2.51. The molecule has 9 nitrogen and oxygen atoms in total. The maximum absolute atomic E-state index is 13.6. The van der Waals surface area contributed by atoms with Crippen molar-refractivity contribution in [1.82, 2.24) is 25.4 Å². The molecule has 0 bridgehead atoms. The number of thioether (sulfide) groups is 1. The number of benzene rings is 2. The number of nitrogens with one attached hydrogen (secondary N) is 2. The molecule has 11 heteroatoms. The number of hydrogen-bond acceptors (Lipinski definition) is 7. The molecule has 2 atom stereocenters. The lowest BCUT2D eigenvalue weighted by Gasteiger charge is -2.31. The van der Waals surface area contributed by atoms with Crippen LogP contribution in [0.2, 0.25) is 5.02 Å². The van der Waals surface area contributed by atoms with Crippen molar-refractivity contribution in [1.29, 1.82) is 0 Å². The van der Waals surface area contributed by atoms with Crippen LogP contribution < -0.4 is 16.4 Å². The minimum Gasteiger partial charge on any atom is -0.346 e. The summed E-state index contributed by atoms with van der Waals surface area (Å²) in [6, 6.07) is 15.4. The van der Waals surface area contributed by atoms with E-state index in [-0.39, 0.29) is 13.1 Å². The molecule has 0 saturated carbocycles. The highest BCUT2D eigenvalue weighted by Crippen LogP contribution is 2.43. The second kappa shape index (κ2) is 9.51. The highest BCUT2D eigenvalue weighted by Gasteiger charge is 2.41. The molecule has 0 radical (unpaired) electrons. The molecule has 164 valence electrons. The molecule has 32 heavy (non-hydrogen) atoms. The maximum Gasteiger partial charge on any atom is 0.258 e. The van der Waals surface area contributed by atoms with Gasteiger partial charge in [-0.2, -0.15) is 0 Å². The number of nitrogens with two attached hydrogens (primary N) is 1. The van der Waals surface area contributed by atoms with Crippen LogP contribution in [-0.4, -0.2) is 51.6 Å². The molecule has 4 N–H and O–H groups in total. The predicted octanol–water partition coefficient (Wildman–Crippen LogP) is 1.65. The maximum atomic E-state index is 13.6. The number of aromatic nitrogens is 3. The molecule has 2 heterocycles. The standard InChI is InChI=1S/C21H19ClN6O3S/c22-14-9-5-4-8-13(14)19-26-27-21-28(19)20(31)17(25-16(30)11-24-15(29)10-23)18(32-21)12-6-2-1-3-7-12/h1-9,17-18H,10-11,23H2,(H,24,29)(H,25,30)/t17-,18+/m0/s1. The summed E-state index contributed by atoms with van der Waals surface area (Å²) in [6.07, 6.45) is 0. The summed E-state index contributed by atoms with van der Waals surface area (Å²) >= 11 is 7.63. The Morgan fingerprint density at radius 1 is 1.06 bits per heavy atom. The lowest BCUT2D eigenvalue weighted by molar-refractivity contribution is -0.125. The highest BCUT2D eigenvalue weighted by atomic mass is 35.5. The van der Waals surface area contributed by atoms with Crippen LogP contribution in [0.5, 0.6) is 0 Å². The van der Waals surface area contributed by atoms with E-state index in [1.165, 1.54) is 16.3 Å². The quantitative estimate of drug-likeness (QED) is 0.499. The molecule has 3 aromatic rings. The normalized spacial score (nSPS) is 17.5. The van der Waals surface area contributed by atoms with Gasteiger partial charge in [0.15, 0.2) is 11.0 Å². The van der Waals surface area contributed by atoms with Crippen molar-refractivity contribution in [3.05, 3.63) is 65.2 Å². The Balaban J connectivity index is 1.70. The van der Waals surface area contributed by atoms with Crippen LogP contribution in [0.25, 0.3) is 11.4 Å². The molecule has 0 saturated heterocycles. The van der Waals surface area contributed by atoms with Crippen molar-refractivity contribution < 1.29 is 14.4 Å². The van der Waals surface area contributed by atoms with E-state index in [1.807, 2.05) is 30.3 Å². The van der Waals surface area contributed by atoms with E-state index in [4.69, 9.17) is 17.3 Å². The fourth-order valence-corrected chi connectivity index (χ4v) is 4.76. The van der Waals surface area contributed by atoms with E-state index >= 15 is 0 Å². The molecule has 1 aliphatic rings. The first-order valence-electron chi connectivity index (χ1n) is 9.72. The first-order chi connectivity index (χ1) is 15.5. The second-order valence-corrected chi connectivity index (χ2v) is 8.45. The smallest absolute Gasteiger partial charge is 0.258 e. The minimum atomic E-state index is -0.922. The summed E-state index contributed by atoms with van der Waals surface area (Å²) in [5.41, 5.74) is 6.66. The Bertz CT molecular complexity index is 1170. The Morgan fingerprint density at radius 3 is 2.50 bits per heavy atom. The van der Waals surface area contributed by atoms with Crippen molar-refractivity contribution in [3.63, 3.8) is 0 Å². The Morgan fingerprint density at radius 2 is 1.78 bits per heavy atom. The van der Waals surface area contributed by atoms with Gasteiger partial charge in [-0.15, -0.1) is 10.2 Å². The molecular formula is C21H19ClN6O3S. The van der Waals surface area contributed by atoms with Crippen LogP contribution in [0.15, 0.2) is 59.8 Å². The third kappa shape index (κ3) is 4.38. The van der Waals surface area contributed by atoms with Crippen LogP contribution in [0.3, 0.4) is 0 Å². The van der Waals surface area contributed by atoms with Gasteiger partial charge in [0.2, 0.25) is 11.8 Å². The van der Waals surface area contributed by atoms with Gasteiger partial charge in [0, 0.05) is 5.56 Å². The van der Waals surface area contributed by atoms with Gasteiger partial charge in [0.25, 0.3) is 5.91 Å². The lowest BCUT2D eigenvalue weighted by atomic mass is 10.0. The third-order valence-electron chi connectivity index (χ3n) is 4.85. The number of fused-ring (bicyclic) bond motifs is 1. The first kappa shape index (κ1) is 22.0. The van der Waals surface area contributed by atoms with Crippen molar-refractivity contribution in [2.45, 2.75) is 16.4 Å². The summed E-state index contributed by atoms with van der Waals surface area (Å²) in [6.45, 7) is -0.526. The molecule has 1 aromatic heterocycles. The molecule has 0 fully saturated rings. The number of amides is 2. The van der Waals surface area contributed by atoms with Crippen LogP contribution in [0.1, 0.15) is 15.6 Å². The summed E-state index contributed by atoms with van der Waals surface area (Å²) < 4.78 is 1.37. The number of carbonyl (C=O) groups is 3. The second-order valence-electron chi connectivity index (χ2n) is 6.93. The topological polar surface area (TPSA) is 132 Å². The summed E-state index contributed by atoms with van der Waals surface area (Å²) in [4.78, 5) is 37.5. The van der Waals surface area contributed by atoms with Crippen LogP contribution in [-0.2, 0) is 9.59 Å². The van der Waals surface area contributed by atoms with Gasteiger partial charge < -0.3 is 16.4 Å². The molecule has 0 unspecified atom stereocenters. The fraction of sp³-hybridized carbons (Fsp3) is 0.190. The van der Waals surface area contributed by atoms with Crippen LogP contribution >= 0.6 is 23.4 Å². The zero-order valence-corrected chi connectivity index (χ0v) is 18.3. The van der Waals surface area contributed by atoms with Crippen molar-refractivity contribution >= 4 is 41.1 Å². The van der Waals surface area contributed by atoms with Crippen molar-refractivity contribution in [2.75, 3.05) is 13.1 Å². The molecular weight excluding hydrogens is 452 g/mol. The largest absolute Gasteiger partial charge is 0.346 e. The summed E-state index contributed by atoms with van der Waals surface area (Å²) in [5, 5.41) is 13.9. The Kier molecular flexibility index (Phi) is 6.54. The van der Waals surface area contributed by atoms with Gasteiger partial charge >= 0.3 is 0 Å². The van der Waals surface area contributed by atoms with Crippen molar-refractivity contribution in [3.8, 4) is 11.4 Å². The summed E-state index contributed by atoms with van der Waals surface area (Å²) in [5.74, 6) is -1.08. The molecule has 2 amide bonds. The van der Waals surface area contributed by atoms with E-state index in [9.17, 15) is 14.4 Å². The molecule has 1 aliphatic heterocycles. The molecule has 0 spiro atoms. The number of rotatable bonds is 6. The number of nitrogens with zero attached hydrogens (tertiary/aromatic N) is 3. The van der Waals surface area contributed by atoms with Gasteiger partial charge in [-0.3, -0.25) is 14.4 Å². The van der Waals surface area contributed by atoms with E-state index in [0.717, 1.165) is 5.56 Å². The van der Waals surface area contributed by atoms with E-state index in [2.05, 4.69) is 20.8 Å². The average molecular weight is 471 g/mol. The van der Waals surface area contributed by atoms with Gasteiger partial charge in [-0.25, -0.2) is 4.57 Å². The SMILES string of the molecule is NCC(=O)NCC(=O)N[C@@H]1C(=O)n2c(nnc2-c2ccccc2Cl)S[C@@H]1c1ccccc1. The average Bonchev–Trinajstić information content (AvgIpc) is 3.24. The van der Waals surface area contributed by atoms with E-state index in [1.54, 1.807) is 24.3 Å². The predicted molar refractivity (Wildman–Crippen MR) is 120 cm³/mol. The molecule has 0 aliphatic carbocycles. The van der Waals surface area contributed by atoms with Gasteiger partial charge in [0.1, 0.15) is 6.04 Å². The zero-order valence-electron chi connectivity index (χ0n) is 16.7. The Labute approximate surface area is 192 Å². The van der Waals surface area contributed by atoms with Crippen LogP contribution in [0.4, 0.5) is 0 Å². The molecule has 4 rings (SSSR count). The Hall–Kier alpha value is -3.21. The zero-order chi connectivity index (χ0) is 22.7. The number of hydrogen-bond donors (Lipinski definition) is 3.